The van der Waals surface area contributed by atoms with Crippen molar-refractivity contribution in [2.75, 3.05) is 25.4 Å². The van der Waals surface area contributed by atoms with Gasteiger partial charge in [-0.25, -0.2) is 0 Å². The lowest BCUT2D eigenvalue weighted by Gasteiger charge is -2.22. The van der Waals surface area contributed by atoms with Gasteiger partial charge in [-0.2, -0.15) is 11.8 Å². The Labute approximate surface area is 132 Å². The molecule has 1 aromatic rings. The molecule has 0 amide bonds. The van der Waals surface area contributed by atoms with E-state index in [1.807, 2.05) is 18.2 Å². The van der Waals surface area contributed by atoms with Crippen molar-refractivity contribution in [2.24, 2.45) is 0 Å². The van der Waals surface area contributed by atoms with Crippen LogP contribution in [0.15, 0.2) is 24.3 Å². The second-order valence-electron chi connectivity index (χ2n) is 5.61. The lowest BCUT2D eigenvalue weighted by atomic mass is 10.2. The molecule has 2 N–H and O–H groups in total. The van der Waals surface area contributed by atoms with Crippen molar-refractivity contribution in [3.8, 4) is 5.75 Å². The van der Waals surface area contributed by atoms with Gasteiger partial charge >= 0.3 is 0 Å². The van der Waals surface area contributed by atoms with E-state index in [0.29, 0.717) is 18.4 Å². The third-order valence-corrected chi connectivity index (χ3v) is 5.17. The first-order chi connectivity index (χ1) is 10.3. The van der Waals surface area contributed by atoms with Crippen LogP contribution in [0.4, 0.5) is 0 Å². The highest BCUT2D eigenvalue weighted by molar-refractivity contribution is 7.99. The van der Waals surface area contributed by atoms with Crippen LogP contribution in [0.5, 0.6) is 5.75 Å². The number of aryl methyl sites for hydroxylation is 1. The molecule has 0 spiro atoms. The van der Waals surface area contributed by atoms with Gasteiger partial charge in [0, 0.05) is 18.3 Å². The minimum atomic E-state index is -0.455. The molecule has 0 unspecified atom stereocenters. The lowest BCUT2D eigenvalue weighted by Crippen LogP contribution is -2.35. The number of nitrogens with one attached hydrogen (secondary N) is 1. The minimum absolute atomic E-state index is 0.345. The Morgan fingerprint density at radius 1 is 1.43 bits per heavy atom. The zero-order valence-corrected chi connectivity index (χ0v) is 13.7. The van der Waals surface area contributed by atoms with Crippen molar-refractivity contribution < 1.29 is 9.84 Å². The standard InChI is InChI=1S/C17H27NO2S/c1-2-14-6-5-7-16(10-14)20-13-15(19)11-18-12-17-8-3-4-9-21-17/h5-7,10,15,17-19H,2-4,8-9,11-13H2,1H3/t15-,17+/m1/s1. The largest absolute Gasteiger partial charge is 0.491 e. The number of aliphatic hydroxyl groups is 1. The van der Waals surface area contributed by atoms with E-state index in [4.69, 9.17) is 4.74 Å². The van der Waals surface area contributed by atoms with Crippen LogP contribution in [0.2, 0.25) is 0 Å². The Morgan fingerprint density at radius 3 is 3.10 bits per heavy atom. The van der Waals surface area contributed by atoms with Gasteiger partial charge in [0.1, 0.15) is 18.5 Å². The van der Waals surface area contributed by atoms with Gasteiger partial charge in [-0.3, -0.25) is 0 Å². The van der Waals surface area contributed by atoms with E-state index in [2.05, 4.69) is 30.1 Å². The summed E-state index contributed by atoms with van der Waals surface area (Å²) in [6.45, 7) is 4.07. The van der Waals surface area contributed by atoms with Crippen molar-refractivity contribution in [1.29, 1.82) is 0 Å². The summed E-state index contributed by atoms with van der Waals surface area (Å²) in [6, 6.07) is 8.07. The SMILES string of the molecule is CCc1cccc(OC[C@H](O)CNC[C@@H]2CCCCS2)c1. The molecule has 0 aromatic heterocycles. The molecule has 1 saturated heterocycles. The zero-order chi connectivity index (χ0) is 14.9. The Hall–Kier alpha value is -0.710. The number of benzene rings is 1. The third-order valence-electron chi connectivity index (χ3n) is 3.78. The second-order valence-corrected chi connectivity index (χ2v) is 7.02. The summed E-state index contributed by atoms with van der Waals surface area (Å²) in [5.41, 5.74) is 1.26. The molecule has 21 heavy (non-hydrogen) atoms. The van der Waals surface area contributed by atoms with Gasteiger partial charge in [-0.15, -0.1) is 0 Å². The summed E-state index contributed by atoms with van der Waals surface area (Å²) >= 11 is 2.05. The molecule has 0 radical (unpaired) electrons. The number of aliphatic hydroxyl groups excluding tert-OH is 1. The molecule has 0 aliphatic carbocycles. The third kappa shape index (κ3) is 6.29. The molecule has 1 aromatic carbocycles. The average Bonchev–Trinajstić information content (AvgIpc) is 2.54. The number of hydrogen-bond acceptors (Lipinski definition) is 4. The molecule has 0 saturated carbocycles. The minimum Gasteiger partial charge on any atom is -0.491 e. The lowest BCUT2D eigenvalue weighted by molar-refractivity contribution is 0.106. The highest BCUT2D eigenvalue weighted by atomic mass is 32.2. The number of ether oxygens (including phenoxy) is 1. The molecule has 3 nitrogen and oxygen atoms in total. The zero-order valence-electron chi connectivity index (χ0n) is 12.9. The molecular weight excluding hydrogens is 282 g/mol. The van der Waals surface area contributed by atoms with Crippen LogP contribution < -0.4 is 10.1 Å². The molecule has 1 aliphatic rings. The van der Waals surface area contributed by atoms with E-state index < -0.39 is 6.10 Å². The molecule has 4 heteroatoms. The van der Waals surface area contributed by atoms with Crippen LogP contribution in [-0.4, -0.2) is 41.9 Å². The maximum Gasteiger partial charge on any atom is 0.119 e. The van der Waals surface area contributed by atoms with Crippen molar-refractivity contribution >= 4 is 11.8 Å². The smallest absolute Gasteiger partial charge is 0.119 e. The Kier molecular flexibility index (Phi) is 7.41. The van der Waals surface area contributed by atoms with Gasteiger partial charge in [-0.1, -0.05) is 25.5 Å². The van der Waals surface area contributed by atoms with E-state index in [1.54, 1.807) is 0 Å². The van der Waals surface area contributed by atoms with Crippen LogP contribution in [0.1, 0.15) is 31.7 Å². The maximum atomic E-state index is 9.97. The molecule has 1 heterocycles. The maximum absolute atomic E-state index is 9.97. The van der Waals surface area contributed by atoms with Gasteiger partial charge in [0.25, 0.3) is 0 Å². The van der Waals surface area contributed by atoms with E-state index in [9.17, 15) is 5.11 Å². The van der Waals surface area contributed by atoms with Crippen LogP contribution >= 0.6 is 11.8 Å². The molecule has 1 fully saturated rings. The van der Waals surface area contributed by atoms with Gasteiger partial charge in [0.2, 0.25) is 0 Å². The number of rotatable bonds is 8. The van der Waals surface area contributed by atoms with Gasteiger partial charge < -0.3 is 15.2 Å². The van der Waals surface area contributed by atoms with E-state index in [-0.39, 0.29) is 0 Å². The van der Waals surface area contributed by atoms with Gasteiger partial charge in [-0.05, 0) is 42.7 Å². The fraction of sp³-hybridized carbons (Fsp3) is 0.647. The summed E-state index contributed by atoms with van der Waals surface area (Å²) in [4.78, 5) is 0. The van der Waals surface area contributed by atoms with Crippen LogP contribution in [0, 0.1) is 0 Å². The first-order valence-corrected chi connectivity index (χ1v) is 9.05. The highest BCUT2D eigenvalue weighted by Crippen LogP contribution is 2.24. The van der Waals surface area contributed by atoms with E-state index >= 15 is 0 Å². The summed E-state index contributed by atoms with van der Waals surface area (Å²) in [6.07, 6.45) is 4.55. The summed E-state index contributed by atoms with van der Waals surface area (Å²) in [5, 5.41) is 14.1. The summed E-state index contributed by atoms with van der Waals surface area (Å²) in [5.74, 6) is 2.13. The second kappa shape index (κ2) is 9.34. The van der Waals surface area contributed by atoms with Crippen molar-refractivity contribution in [3.63, 3.8) is 0 Å². The fourth-order valence-corrected chi connectivity index (χ4v) is 3.76. The van der Waals surface area contributed by atoms with Crippen molar-refractivity contribution in [2.45, 2.75) is 44.0 Å². The average molecular weight is 309 g/mol. The topological polar surface area (TPSA) is 41.5 Å². The molecule has 118 valence electrons. The monoisotopic (exact) mass is 309 g/mol. The van der Waals surface area contributed by atoms with Crippen molar-refractivity contribution in [1.82, 2.24) is 5.32 Å². The summed E-state index contributed by atoms with van der Waals surface area (Å²) < 4.78 is 5.66. The molecular formula is C17H27NO2S. The highest BCUT2D eigenvalue weighted by Gasteiger charge is 2.14. The van der Waals surface area contributed by atoms with E-state index in [0.717, 1.165) is 18.7 Å². The van der Waals surface area contributed by atoms with Gasteiger partial charge in [0.15, 0.2) is 0 Å². The van der Waals surface area contributed by atoms with Crippen LogP contribution in [-0.2, 0) is 6.42 Å². The van der Waals surface area contributed by atoms with Gasteiger partial charge in [0.05, 0.1) is 0 Å². The molecule has 2 rings (SSSR count). The van der Waals surface area contributed by atoms with Crippen LogP contribution in [0.3, 0.4) is 0 Å². The molecule has 2 atom stereocenters. The quantitative estimate of drug-likeness (QED) is 0.775. The number of hydrogen-bond donors (Lipinski definition) is 2. The summed E-state index contributed by atoms with van der Waals surface area (Å²) in [7, 11) is 0. The van der Waals surface area contributed by atoms with Crippen LogP contribution in [0.25, 0.3) is 0 Å². The Balaban J connectivity index is 1.61. The normalized spacial score (nSPS) is 20.2. The predicted octanol–water partition coefficient (Wildman–Crippen LogP) is 2.86. The van der Waals surface area contributed by atoms with Crippen molar-refractivity contribution in [3.05, 3.63) is 29.8 Å². The first-order valence-electron chi connectivity index (χ1n) is 8.00. The molecule has 0 bridgehead atoms. The predicted molar refractivity (Wildman–Crippen MR) is 90.3 cm³/mol. The first kappa shape index (κ1) is 16.7. The molecule has 1 aliphatic heterocycles. The Bertz CT molecular complexity index is 408. The number of thioether (sulfide) groups is 1. The Morgan fingerprint density at radius 2 is 2.33 bits per heavy atom. The fourth-order valence-electron chi connectivity index (χ4n) is 2.49. The van der Waals surface area contributed by atoms with E-state index in [1.165, 1.54) is 30.6 Å².